The molecule has 3 amide bonds. The number of carbonyl (C=O) groups is 2. The lowest BCUT2D eigenvalue weighted by molar-refractivity contribution is -0.118. The van der Waals surface area contributed by atoms with Gasteiger partial charge < -0.3 is 21.1 Å². The number of urea groups is 1. The van der Waals surface area contributed by atoms with E-state index in [9.17, 15) is 23.1 Å². The molecule has 0 radical (unpaired) electrons. The maximum Gasteiger partial charge on any atom is 0.315 e. The van der Waals surface area contributed by atoms with Crippen LogP contribution in [0.25, 0.3) is 0 Å². The minimum Gasteiger partial charge on any atom is -0.508 e. The highest BCUT2D eigenvalue weighted by molar-refractivity contribution is 7.91. The Hall–Kier alpha value is -2.29. The molecule has 1 unspecified atom stereocenters. The first-order chi connectivity index (χ1) is 11.7. The van der Waals surface area contributed by atoms with Crippen molar-refractivity contribution in [1.29, 1.82) is 0 Å². The fourth-order valence-electron chi connectivity index (χ4n) is 2.58. The van der Waals surface area contributed by atoms with Crippen LogP contribution in [0.4, 0.5) is 10.5 Å². The van der Waals surface area contributed by atoms with E-state index in [1.165, 1.54) is 12.1 Å². The van der Waals surface area contributed by atoms with Crippen LogP contribution in [0.3, 0.4) is 0 Å². The predicted molar refractivity (Wildman–Crippen MR) is 94.1 cm³/mol. The molecule has 2 atom stereocenters. The van der Waals surface area contributed by atoms with Crippen LogP contribution in [0.5, 0.6) is 5.75 Å². The van der Waals surface area contributed by atoms with Crippen molar-refractivity contribution in [3.05, 3.63) is 24.3 Å². The lowest BCUT2D eigenvalue weighted by atomic mass is 10.0. The summed E-state index contributed by atoms with van der Waals surface area (Å²) >= 11 is 0. The van der Waals surface area contributed by atoms with E-state index in [0.717, 1.165) is 0 Å². The second-order valence-corrected chi connectivity index (χ2v) is 8.70. The molecule has 25 heavy (non-hydrogen) atoms. The van der Waals surface area contributed by atoms with Crippen LogP contribution in [0.2, 0.25) is 0 Å². The SMILES string of the molecule is CC(C)[C@H](NC(=O)NC1CCS(=O)(=O)C1)C(=O)Nc1ccc(O)cc1. The molecule has 9 heteroatoms. The quantitative estimate of drug-likeness (QED) is 0.573. The Morgan fingerprint density at radius 1 is 1.20 bits per heavy atom. The normalized spacial score (nSPS) is 20.0. The van der Waals surface area contributed by atoms with E-state index in [2.05, 4.69) is 16.0 Å². The van der Waals surface area contributed by atoms with Gasteiger partial charge >= 0.3 is 6.03 Å². The minimum atomic E-state index is -3.09. The van der Waals surface area contributed by atoms with E-state index in [4.69, 9.17) is 0 Å². The molecule has 4 N–H and O–H groups in total. The summed E-state index contributed by atoms with van der Waals surface area (Å²) in [5, 5.41) is 17.1. The number of rotatable bonds is 5. The summed E-state index contributed by atoms with van der Waals surface area (Å²) in [5.41, 5.74) is 0.498. The lowest BCUT2D eigenvalue weighted by Crippen LogP contribution is -2.52. The molecule has 1 fully saturated rings. The summed E-state index contributed by atoms with van der Waals surface area (Å²) in [5.74, 6) is -0.494. The Balaban J connectivity index is 1.94. The van der Waals surface area contributed by atoms with Gasteiger partial charge in [-0.3, -0.25) is 4.79 Å². The van der Waals surface area contributed by atoms with Crippen LogP contribution in [-0.2, 0) is 14.6 Å². The first kappa shape index (κ1) is 19.0. The first-order valence-electron chi connectivity index (χ1n) is 8.03. The molecule has 0 bridgehead atoms. The van der Waals surface area contributed by atoms with Crippen molar-refractivity contribution < 1.29 is 23.1 Å². The number of carbonyl (C=O) groups excluding carboxylic acids is 2. The number of aromatic hydroxyl groups is 1. The van der Waals surface area contributed by atoms with Crippen molar-refractivity contribution in [3.63, 3.8) is 0 Å². The zero-order chi connectivity index (χ0) is 18.6. The van der Waals surface area contributed by atoms with E-state index in [0.29, 0.717) is 12.1 Å². The van der Waals surface area contributed by atoms with Crippen LogP contribution < -0.4 is 16.0 Å². The minimum absolute atomic E-state index is 0.0624. The van der Waals surface area contributed by atoms with Crippen LogP contribution in [0.15, 0.2) is 24.3 Å². The monoisotopic (exact) mass is 369 g/mol. The molecule has 1 aromatic carbocycles. The highest BCUT2D eigenvalue weighted by Gasteiger charge is 2.30. The number of amides is 3. The van der Waals surface area contributed by atoms with E-state index in [1.807, 2.05) is 0 Å². The summed E-state index contributed by atoms with van der Waals surface area (Å²) in [6, 6.07) is 4.20. The Morgan fingerprint density at radius 3 is 2.36 bits per heavy atom. The molecule has 0 spiro atoms. The number of phenolic OH excluding ortho intramolecular Hbond substituents is 1. The van der Waals surface area contributed by atoms with Gasteiger partial charge in [0.05, 0.1) is 11.5 Å². The van der Waals surface area contributed by atoms with Crippen molar-refractivity contribution in [2.45, 2.75) is 32.4 Å². The van der Waals surface area contributed by atoms with Gasteiger partial charge in [-0.15, -0.1) is 0 Å². The lowest BCUT2D eigenvalue weighted by Gasteiger charge is -2.23. The Bertz CT molecular complexity index is 731. The fraction of sp³-hybridized carbons (Fsp3) is 0.500. The van der Waals surface area contributed by atoms with Gasteiger partial charge in [-0.25, -0.2) is 13.2 Å². The molecule has 0 aromatic heterocycles. The second-order valence-electron chi connectivity index (χ2n) is 6.48. The van der Waals surface area contributed by atoms with Crippen molar-refractivity contribution in [2.24, 2.45) is 5.92 Å². The Morgan fingerprint density at radius 2 is 1.84 bits per heavy atom. The highest BCUT2D eigenvalue weighted by Crippen LogP contribution is 2.15. The molecule has 2 rings (SSSR count). The van der Waals surface area contributed by atoms with Crippen LogP contribution in [0, 0.1) is 5.92 Å². The number of phenols is 1. The zero-order valence-electron chi connectivity index (χ0n) is 14.2. The fourth-order valence-corrected chi connectivity index (χ4v) is 4.25. The topological polar surface area (TPSA) is 125 Å². The second kappa shape index (κ2) is 7.73. The molecular weight excluding hydrogens is 346 g/mol. The van der Waals surface area contributed by atoms with Gasteiger partial charge in [0.25, 0.3) is 0 Å². The molecule has 1 saturated heterocycles. The van der Waals surface area contributed by atoms with E-state index in [1.54, 1.807) is 26.0 Å². The number of hydrogen-bond donors (Lipinski definition) is 4. The van der Waals surface area contributed by atoms with Crippen LogP contribution >= 0.6 is 0 Å². The third-order valence-corrected chi connectivity index (χ3v) is 5.71. The van der Waals surface area contributed by atoms with Gasteiger partial charge in [-0.1, -0.05) is 13.8 Å². The maximum atomic E-state index is 12.4. The van der Waals surface area contributed by atoms with Crippen molar-refractivity contribution >= 4 is 27.5 Å². The summed E-state index contributed by atoms with van der Waals surface area (Å²) in [6.45, 7) is 3.59. The van der Waals surface area contributed by atoms with Crippen LogP contribution in [-0.4, -0.2) is 49.1 Å². The van der Waals surface area contributed by atoms with E-state index in [-0.39, 0.29) is 23.2 Å². The number of nitrogens with one attached hydrogen (secondary N) is 3. The molecule has 1 heterocycles. The summed E-state index contributed by atoms with van der Waals surface area (Å²) < 4.78 is 22.9. The van der Waals surface area contributed by atoms with Gasteiger partial charge in [0, 0.05) is 11.7 Å². The largest absolute Gasteiger partial charge is 0.508 e. The predicted octanol–water partition coefficient (Wildman–Crippen LogP) is 0.842. The van der Waals surface area contributed by atoms with E-state index < -0.39 is 33.9 Å². The summed E-state index contributed by atoms with van der Waals surface area (Å²) in [7, 11) is -3.09. The molecule has 1 aliphatic rings. The number of benzene rings is 1. The zero-order valence-corrected chi connectivity index (χ0v) is 15.0. The highest BCUT2D eigenvalue weighted by atomic mass is 32.2. The van der Waals surface area contributed by atoms with Crippen LogP contribution in [0.1, 0.15) is 20.3 Å². The Labute approximate surface area is 146 Å². The average Bonchev–Trinajstić information content (AvgIpc) is 2.85. The number of hydrogen-bond acceptors (Lipinski definition) is 5. The Kier molecular flexibility index (Phi) is 5.89. The summed E-state index contributed by atoms with van der Waals surface area (Å²) in [4.78, 5) is 24.5. The van der Waals surface area contributed by atoms with E-state index >= 15 is 0 Å². The molecule has 0 saturated carbocycles. The van der Waals surface area contributed by atoms with Crippen molar-refractivity contribution in [1.82, 2.24) is 10.6 Å². The third kappa shape index (κ3) is 5.63. The molecule has 1 aromatic rings. The molecular formula is C16H23N3O5S. The van der Waals surface area contributed by atoms with Crippen molar-refractivity contribution in [2.75, 3.05) is 16.8 Å². The van der Waals surface area contributed by atoms with Crippen molar-refractivity contribution in [3.8, 4) is 5.75 Å². The number of anilines is 1. The maximum absolute atomic E-state index is 12.4. The summed E-state index contributed by atoms with van der Waals surface area (Å²) in [6.07, 6.45) is 0.377. The third-order valence-electron chi connectivity index (χ3n) is 3.94. The van der Waals surface area contributed by atoms with Gasteiger partial charge in [-0.05, 0) is 36.6 Å². The smallest absolute Gasteiger partial charge is 0.315 e. The molecule has 0 aliphatic carbocycles. The first-order valence-corrected chi connectivity index (χ1v) is 9.86. The van der Waals surface area contributed by atoms with Gasteiger partial charge in [0.15, 0.2) is 9.84 Å². The molecule has 1 aliphatic heterocycles. The standard InChI is InChI=1S/C16H23N3O5S/c1-10(2)14(15(21)17-11-3-5-13(20)6-4-11)19-16(22)18-12-7-8-25(23,24)9-12/h3-6,10,12,14,20H,7-9H2,1-2H3,(H,17,21)(H2,18,19,22)/t12?,14-/m0/s1. The van der Waals surface area contributed by atoms with Gasteiger partial charge in [0.1, 0.15) is 11.8 Å². The molecule has 8 nitrogen and oxygen atoms in total. The van der Waals surface area contributed by atoms with Gasteiger partial charge in [0.2, 0.25) is 5.91 Å². The van der Waals surface area contributed by atoms with Gasteiger partial charge in [-0.2, -0.15) is 0 Å². The number of sulfone groups is 1. The molecule has 138 valence electrons. The average molecular weight is 369 g/mol.